The van der Waals surface area contributed by atoms with Gasteiger partial charge in [0.15, 0.2) is 5.15 Å². The van der Waals surface area contributed by atoms with E-state index in [9.17, 15) is 9.18 Å². The Balaban J connectivity index is 2.50. The van der Waals surface area contributed by atoms with Gasteiger partial charge in [0.05, 0.1) is 16.7 Å². The minimum atomic E-state index is -0.537. The molecule has 0 saturated carbocycles. The molecular formula is C14H8ClFN2O. The van der Waals surface area contributed by atoms with Crippen LogP contribution in [0.2, 0.25) is 5.15 Å². The van der Waals surface area contributed by atoms with Crippen molar-refractivity contribution in [1.82, 2.24) is 9.55 Å². The summed E-state index contributed by atoms with van der Waals surface area (Å²) < 4.78 is 15.1. The minimum absolute atomic E-state index is 0.160. The number of para-hydroxylation sites is 3. The summed E-state index contributed by atoms with van der Waals surface area (Å²) in [5.74, 6) is -0.489. The summed E-state index contributed by atoms with van der Waals surface area (Å²) in [4.78, 5) is 16.1. The van der Waals surface area contributed by atoms with E-state index in [-0.39, 0.29) is 10.8 Å². The SMILES string of the molecule is O=c1c(Cl)nc2ccccc2n1-c1ccccc1F. The van der Waals surface area contributed by atoms with Crippen molar-refractivity contribution in [2.24, 2.45) is 0 Å². The van der Waals surface area contributed by atoms with Gasteiger partial charge in [-0.1, -0.05) is 35.9 Å². The van der Waals surface area contributed by atoms with Crippen LogP contribution in [0.25, 0.3) is 16.7 Å². The fourth-order valence-electron chi connectivity index (χ4n) is 1.98. The highest BCUT2D eigenvalue weighted by atomic mass is 35.5. The molecule has 19 heavy (non-hydrogen) atoms. The first-order chi connectivity index (χ1) is 9.18. The third-order valence-electron chi connectivity index (χ3n) is 2.81. The van der Waals surface area contributed by atoms with Crippen molar-refractivity contribution in [1.29, 1.82) is 0 Å². The van der Waals surface area contributed by atoms with E-state index in [0.717, 1.165) is 0 Å². The summed E-state index contributed by atoms with van der Waals surface area (Å²) in [7, 11) is 0. The smallest absolute Gasteiger partial charge is 0.270 e. The summed E-state index contributed by atoms with van der Waals surface area (Å²) >= 11 is 5.83. The van der Waals surface area contributed by atoms with Gasteiger partial charge >= 0.3 is 0 Å². The molecular weight excluding hydrogens is 267 g/mol. The van der Waals surface area contributed by atoms with Gasteiger partial charge in [0.2, 0.25) is 0 Å². The second kappa shape index (κ2) is 4.48. The molecule has 0 atom stereocenters. The zero-order valence-corrected chi connectivity index (χ0v) is 10.4. The molecule has 2 aromatic carbocycles. The Bertz CT molecular complexity index is 829. The Morgan fingerprint density at radius 2 is 1.74 bits per heavy atom. The first kappa shape index (κ1) is 11.9. The van der Waals surface area contributed by atoms with Crippen LogP contribution in [0.15, 0.2) is 53.3 Å². The van der Waals surface area contributed by atoms with Crippen LogP contribution in [0, 0.1) is 5.82 Å². The largest absolute Gasteiger partial charge is 0.293 e. The number of hydrogen-bond donors (Lipinski definition) is 0. The Morgan fingerprint density at radius 1 is 1.05 bits per heavy atom. The van der Waals surface area contributed by atoms with Crippen LogP contribution >= 0.6 is 11.6 Å². The lowest BCUT2D eigenvalue weighted by Gasteiger charge is -2.10. The number of fused-ring (bicyclic) bond motifs is 1. The normalized spacial score (nSPS) is 10.8. The van der Waals surface area contributed by atoms with Gasteiger partial charge in [0.1, 0.15) is 5.82 Å². The molecule has 0 unspecified atom stereocenters. The van der Waals surface area contributed by atoms with E-state index in [1.807, 2.05) is 0 Å². The van der Waals surface area contributed by atoms with Crippen LogP contribution in [0.5, 0.6) is 0 Å². The topological polar surface area (TPSA) is 34.9 Å². The van der Waals surface area contributed by atoms with Crippen molar-refractivity contribution in [2.75, 3.05) is 0 Å². The van der Waals surface area contributed by atoms with Crippen LogP contribution < -0.4 is 5.56 Å². The minimum Gasteiger partial charge on any atom is -0.270 e. The van der Waals surface area contributed by atoms with E-state index in [1.54, 1.807) is 36.4 Å². The van der Waals surface area contributed by atoms with Crippen LogP contribution in [-0.2, 0) is 0 Å². The first-order valence-electron chi connectivity index (χ1n) is 5.60. The van der Waals surface area contributed by atoms with Crippen molar-refractivity contribution in [2.45, 2.75) is 0 Å². The van der Waals surface area contributed by atoms with E-state index >= 15 is 0 Å². The monoisotopic (exact) mass is 274 g/mol. The second-order valence-corrected chi connectivity index (χ2v) is 4.34. The number of hydrogen-bond acceptors (Lipinski definition) is 2. The number of halogens is 2. The molecule has 0 saturated heterocycles. The van der Waals surface area contributed by atoms with E-state index in [4.69, 9.17) is 11.6 Å². The Morgan fingerprint density at radius 3 is 2.53 bits per heavy atom. The van der Waals surface area contributed by atoms with E-state index in [1.165, 1.54) is 16.7 Å². The summed E-state index contributed by atoms with van der Waals surface area (Å²) in [6.45, 7) is 0. The molecule has 1 heterocycles. The maximum Gasteiger partial charge on any atom is 0.293 e. The third kappa shape index (κ3) is 1.90. The molecule has 0 radical (unpaired) electrons. The van der Waals surface area contributed by atoms with Gasteiger partial charge in [-0.2, -0.15) is 0 Å². The molecule has 3 aromatic rings. The maximum absolute atomic E-state index is 13.9. The lowest BCUT2D eigenvalue weighted by atomic mass is 10.2. The molecule has 3 nitrogen and oxygen atoms in total. The number of rotatable bonds is 1. The number of nitrogens with zero attached hydrogens (tertiary/aromatic N) is 2. The highest BCUT2D eigenvalue weighted by Crippen LogP contribution is 2.18. The van der Waals surface area contributed by atoms with Crippen molar-refractivity contribution >= 4 is 22.6 Å². The Labute approximate surface area is 112 Å². The molecule has 0 bridgehead atoms. The standard InChI is InChI=1S/C14H8ClFN2O/c15-13-14(19)18(11-7-3-1-5-9(11)16)12-8-4-2-6-10(12)17-13/h1-8H. The van der Waals surface area contributed by atoms with Crippen molar-refractivity contribution in [3.63, 3.8) is 0 Å². The maximum atomic E-state index is 13.9. The fourth-order valence-corrected chi connectivity index (χ4v) is 2.15. The molecule has 0 amide bonds. The van der Waals surface area contributed by atoms with Gasteiger partial charge in [-0.05, 0) is 24.3 Å². The van der Waals surface area contributed by atoms with Crippen LogP contribution in [-0.4, -0.2) is 9.55 Å². The summed E-state index contributed by atoms with van der Waals surface area (Å²) in [5.41, 5.74) is 0.677. The van der Waals surface area contributed by atoms with Gasteiger partial charge in [-0.15, -0.1) is 0 Å². The lowest BCUT2D eigenvalue weighted by molar-refractivity contribution is 0.618. The molecule has 1 aromatic heterocycles. The highest BCUT2D eigenvalue weighted by molar-refractivity contribution is 6.29. The number of benzene rings is 2. The first-order valence-corrected chi connectivity index (χ1v) is 5.98. The summed E-state index contributed by atoms with van der Waals surface area (Å²) in [6, 6.07) is 13.0. The molecule has 94 valence electrons. The summed E-state index contributed by atoms with van der Waals surface area (Å²) in [5, 5.41) is -0.179. The molecule has 0 aliphatic carbocycles. The third-order valence-corrected chi connectivity index (χ3v) is 3.06. The fraction of sp³-hybridized carbons (Fsp3) is 0. The molecule has 5 heteroatoms. The zero-order chi connectivity index (χ0) is 13.4. The quantitative estimate of drug-likeness (QED) is 0.683. The molecule has 0 spiro atoms. The molecule has 0 aliphatic heterocycles. The molecule has 3 rings (SSSR count). The van der Waals surface area contributed by atoms with Crippen LogP contribution in [0.1, 0.15) is 0 Å². The average Bonchev–Trinajstić information content (AvgIpc) is 2.42. The van der Waals surface area contributed by atoms with Crippen LogP contribution in [0.3, 0.4) is 0 Å². The van der Waals surface area contributed by atoms with E-state index in [0.29, 0.717) is 11.0 Å². The molecule has 0 aliphatic rings. The predicted octanol–water partition coefficient (Wildman–Crippen LogP) is 3.18. The zero-order valence-electron chi connectivity index (χ0n) is 9.68. The van der Waals surface area contributed by atoms with Crippen molar-refractivity contribution in [3.8, 4) is 5.69 Å². The number of aromatic nitrogens is 2. The predicted molar refractivity (Wildman–Crippen MR) is 72.3 cm³/mol. The molecule has 0 fully saturated rings. The van der Waals surface area contributed by atoms with Gasteiger partial charge < -0.3 is 0 Å². The van der Waals surface area contributed by atoms with Gasteiger partial charge in [0, 0.05) is 0 Å². The van der Waals surface area contributed by atoms with Crippen molar-refractivity contribution < 1.29 is 4.39 Å². The van der Waals surface area contributed by atoms with Gasteiger partial charge in [-0.3, -0.25) is 9.36 Å². The Kier molecular flexibility index (Phi) is 2.80. The van der Waals surface area contributed by atoms with Crippen molar-refractivity contribution in [3.05, 3.63) is 69.9 Å². The van der Waals surface area contributed by atoms with E-state index in [2.05, 4.69) is 4.98 Å². The Hall–Kier alpha value is -2.20. The highest BCUT2D eigenvalue weighted by Gasteiger charge is 2.13. The van der Waals surface area contributed by atoms with E-state index < -0.39 is 11.4 Å². The van der Waals surface area contributed by atoms with Crippen LogP contribution in [0.4, 0.5) is 4.39 Å². The van der Waals surface area contributed by atoms with Gasteiger partial charge in [-0.25, -0.2) is 9.37 Å². The second-order valence-electron chi connectivity index (χ2n) is 3.98. The average molecular weight is 275 g/mol. The van der Waals surface area contributed by atoms with Gasteiger partial charge in [0.25, 0.3) is 5.56 Å². The lowest BCUT2D eigenvalue weighted by Crippen LogP contribution is -2.21. The molecule has 0 N–H and O–H groups in total. The summed E-state index contributed by atoms with van der Waals surface area (Å²) in [6.07, 6.45) is 0.